The summed E-state index contributed by atoms with van der Waals surface area (Å²) in [6, 6.07) is 1.07. The second kappa shape index (κ2) is 5.29. The van der Waals surface area contributed by atoms with Crippen LogP contribution in [0.15, 0.2) is 0 Å². The molecule has 1 N–H and O–H groups in total. The Morgan fingerprint density at radius 3 is 2.74 bits per heavy atom. The monoisotopic (exact) mass is 266 g/mol. The minimum atomic E-state index is 0.243. The molecule has 5 nitrogen and oxygen atoms in total. The number of urea groups is 1. The molecule has 3 aliphatic heterocycles. The van der Waals surface area contributed by atoms with E-state index in [9.17, 15) is 4.79 Å². The Hall–Kier alpha value is -0.810. The molecule has 3 aliphatic rings. The summed E-state index contributed by atoms with van der Waals surface area (Å²) in [6.07, 6.45) is 3.64. The summed E-state index contributed by atoms with van der Waals surface area (Å²) in [4.78, 5) is 19.0. The van der Waals surface area contributed by atoms with Crippen LogP contribution >= 0.6 is 0 Å². The van der Waals surface area contributed by atoms with Gasteiger partial charge in [-0.25, -0.2) is 4.79 Å². The van der Waals surface area contributed by atoms with E-state index in [-0.39, 0.29) is 6.03 Å². The van der Waals surface area contributed by atoms with Gasteiger partial charge in [0.05, 0.1) is 6.04 Å². The number of amides is 2. The summed E-state index contributed by atoms with van der Waals surface area (Å²) in [5, 5.41) is 3.37. The third-order valence-electron chi connectivity index (χ3n) is 5.11. The van der Waals surface area contributed by atoms with Gasteiger partial charge in [0.2, 0.25) is 0 Å². The van der Waals surface area contributed by atoms with E-state index in [1.54, 1.807) is 0 Å². The Balaban J connectivity index is 1.67. The molecule has 0 aromatic carbocycles. The van der Waals surface area contributed by atoms with Gasteiger partial charge in [0.1, 0.15) is 0 Å². The van der Waals surface area contributed by atoms with Gasteiger partial charge in [-0.2, -0.15) is 0 Å². The highest BCUT2D eigenvalue weighted by molar-refractivity contribution is 5.77. The van der Waals surface area contributed by atoms with Gasteiger partial charge in [-0.3, -0.25) is 0 Å². The van der Waals surface area contributed by atoms with Crippen LogP contribution < -0.4 is 5.32 Å². The number of hydrogen-bond donors (Lipinski definition) is 1. The predicted molar refractivity (Wildman–Crippen MR) is 75.1 cm³/mol. The number of piperidine rings is 1. The molecule has 0 aliphatic carbocycles. The Morgan fingerprint density at radius 2 is 2.05 bits per heavy atom. The van der Waals surface area contributed by atoms with Crippen molar-refractivity contribution in [2.24, 2.45) is 5.92 Å². The first-order chi connectivity index (χ1) is 9.16. The predicted octanol–water partition coefficient (Wildman–Crippen LogP) is 0.426. The molecule has 3 unspecified atom stereocenters. The number of hydrogen-bond acceptors (Lipinski definition) is 3. The molecule has 0 aromatic rings. The molecule has 108 valence electrons. The normalized spacial score (nSPS) is 37.4. The summed E-state index contributed by atoms with van der Waals surface area (Å²) in [7, 11) is 4.19. The lowest BCUT2D eigenvalue weighted by Crippen LogP contribution is -2.44. The molecule has 0 radical (unpaired) electrons. The van der Waals surface area contributed by atoms with Crippen molar-refractivity contribution in [2.45, 2.75) is 31.3 Å². The third-order valence-corrected chi connectivity index (χ3v) is 5.11. The van der Waals surface area contributed by atoms with Crippen molar-refractivity contribution in [2.75, 3.05) is 46.8 Å². The number of likely N-dealkylation sites (N-methyl/N-ethyl adjacent to an activating group) is 1. The molecule has 2 amide bonds. The fourth-order valence-corrected chi connectivity index (χ4v) is 3.94. The smallest absolute Gasteiger partial charge is 0.320 e. The summed E-state index contributed by atoms with van der Waals surface area (Å²) < 4.78 is 0. The van der Waals surface area contributed by atoms with Crippen LogP contribution in [0.1, 0.15) is 19.3 Å². The minimum Gasteiger partial charge on any atom is -0.323 e. The van der Waals surface area contributed by atoms with E-state index < -0.39 is 0 Å². The van der Waals surface area contributed by atoms with Gasteiger partial charge in [-0.15, -0.1) is 0 Å². The van der Waals surface area contributed by atoms with E-state index in [0.717, 1.165) is 32.6 Å². The first-order valence-corrected chi connectivity index (χ1v) is 7.59. The SMILES string of the molecule is CN1CCCC(C2CN(C3CCNC3)C(=O)N2C)C1. The van der Waals surface area contributed by atoms with Crippen molar-refractivity contribution in [3.8, 4) is 0 Å². The van der Waals surface area contributed by atoms with Crippen LogP contribution in [-0.4, -0.2) is 79.6 Å². The average Bonchev–Trinajstić information content (AvgIpc) is 3.00. The van der Waals surface area contributed by atoms with E-state index in [1.165, 1.54) is 19.4 Å². The second-order valence-electron chi connectivity index (χ2n) is 6.42. The topological polar surface area (TPSA) is 38.8 Å². The lowest BCUT2D eigenvalue weighted by atomic mass is 9.90. The van der Waals surface area contributed by atoms with Gasteiger partial charge >= 0.3 is 6.03 Å². The van der Waals surface area contributed by atoms with Gasteiger partial charge in [0.25, 0.3) is 0 Å². The Bertz CT molecular complexity index is 342. The number of rotatable bonds is 2. The van der Waals surface area contributed by atoms with Gasteiger partial charge in [0.15, 0.2) is 0 Å². The molecular weight excluding hydrogens is 240 g/mol. The van der Waals surface area contributed by atoms with E-state index in [0.29, 0.717) is 18.0 Å². The maximum absolute atomic E-state index is 12.4. The van der Waals surface area contributed by atoms with Crippen LogP contribution in [0.3, 0.4) is 0 Å². The molecule has 3 rings (SSSR count). The quantitative estimate of drug-likeness (QED) is 0.787. The molecule has 0 saturated carbocycles. The largest absolute Gasteiger partial charge is 0.323 e. The lowest BCUT2D eigenvalue weighted by Gasteiger charge is -2.35. The van der Waals surface area contributed by atoms with Crippen LogP contribution in [0, 0.1) is 5.92 Å². The van der Waals surface area contributed by atoms with Crippen molar-refractivity contribution < 1.29 is 4.79 Å². The van der Waals surface area contributed by atoms with E-state index >= 15 is 0 Å². The van der Waals surface area contributed by atoms with Crippen LogP contribution in [0.5, 0.6) is 0 Å². The first kappa shape index (κ1) is 13.2. The molecule has 3 atom stereocenters. The fraction of sp³-hybridized carbons (Fsp3) is 0.929. The number of nitrogens with one attached hydrogen (secondary N) is 1. The van der Waals surface area contributed by atoms with Crippen molar-refractivity contribution in [3.05, 3.63) is 0 Å². The van der Waals surface area contributed by atoms with Gasteiger partial charge in [-0.05, 0) is 45.3 Å². The van der Waals surface area contributed by atoms with Gasteiger partial charge in [-0.1, -0.05) is 0 Å². The highest BCUT2D eigenvalue weighted by atomic mass is 16.2. The standard InChI is InChI=1S/C14H26N4O/c1-16-7-3-4-11(9-16)13-10-18(14(19)17(13)2)12-5-6-15-8-12/h11-13,15H,3-10H2,1-2H3. The number of likely N-dealkylation sites (tertiary alicyclic amines) is 1. The number of nitrogens with zero attached hydrogens (tertiary/aromatic N) is 3. The zero-order valence-electron chi connectivity index (χ0n) is 12.1. The maximum atomic E-state index is 12.4. The summed E-state index contributed by atoms with van der Waals surface area (Å²) >= 11 is 0. The Labute approximate surface area is 115 Å². The zero-order valence-corrected chi connectivity index (χ0v) is 12.1. The fourth-order valence-electron chi connectivity index (χ4n) is 3.94. The maximum Gasteiger partial charge on any atom is 0.320 e. The van der Waals surface area contributed by atoms with Crippen LogP contribution in [0.25, 0.3) is 0 Å². The minimum absolute atomic E-state index is 0.243. The van der Waals surface area contributed by atoms with Crippen molar-refractivity contribution >= 4 is 6.03 Å². The summed E-state index contributed by atoms with van der Waals surface area (Å²) in [6.45, 7) is 5.29. The number of carbonyl (C=O) groups is 1. The lowest BCUT2D eigenvalue weighted by molar-refractivity contribution is 0.141. The van der Waals surface area contributed by atoms with Crippen molar-refractivity contribution in [3.63, 3.8) is 0 Å². The average molecular weight is 266 g/mol. The van der Waals surface area contributed by atoms with Crippen LogP contribution in [0.2, 0.25) is 0 Å². The number of carbonyl (C=O) groups excluding carboxylic acids is 1. The molecule has 19 heavy (non-hydrogen) atoms. The molecule has 5 heteroatoms. The van der Waals surface area contributed by atoms with Gasteiger partial charge < -0.3 is 20.0 Å². The van der Waals surface area contributed by atoms with E-state index in [1.807, 2.05) is 11.9 Å². The van der Waals surface area contributed by atoms with Crippen LogP contribution in [-0.2, 0) is 0 Å². The highest BCUT2D eigenvalue weighted by Crippen LogP contribution is 2.29. The molecular formula is C14H26N4O. The Morgan fingerprint density at radius 1 is 1.21 bits per heavy atom. The van der Waals surface area contributed by atoms with E-state index in [4.69, 9.17) is 0 Å². The molecule has 3 saturated heterocycles. The summed E-state index contributed by atoms with van der Waals surface area (Å²) in [5.41, 5.74) is 0. The molecule has 3 heterocycles. The molecule has 0 aromatic heterocycles. The third kappa shape index (κ3) is 2.46. The Kier molecular flexibility index (Phi) is 3.67. The first-order valence-electron chi connectivity index (χ1n) is 7.59. The zero-order chi connectivity index (χ0) is 13.4. The molecule has 0 bridgehead atoms. The van der Waals surface area contributed by atoms with Crippen LogP contribution in [0.4, 0.5) is 4.79 Å². The summed E-state index contributed by atoms with van der Waals surface area (Å²) in [5.74, 6) is 0.645. The highest BCUT2D eigenvalue weighted by Gasteiger charge is 2.43. The molecule has 0 spiro atoms. The van der Waals surface area contributed by atoms with Gasteiger partial charge in [0, 0.05) is 32.7 Å². The molecule has 3 fully saturated rings. The second-order valence-corrected chi connectivity index (χ2v) is 6.42. The van der Waals surface area contributed by atoms with E-state index in [2.05, 4.69) is 22.2 Å². The van der Waals surface area contributed by atoms with Crippen molar-refractivity contribution in [1.29, 1.82) is 0 Å². The van der Waals surface area contributed by atoms with Crippen molar-refractivity contribution in [1.82, 2.24) is 20.0 Å².